The van der Waals surface area contributed by atoms with E-state index in [2.05, 4.69) is 17.1 Å². The molecular weight excluding hydrogens is 228 g/mol. The number of piperidine rings is 1. The molecule has 0 spiro atoms. The third-order valence-corrected chi connectivity index (χ3v) is 3.75. The molecule has 0 bridgehead atoms. The fourth-order valence-corrected chi connectivity index (χ4v) is 2.60. The van der Waals surface area contributed by atoms with Gasteiger partial charge in [-0.05, 0) is 37.4 Å². The van der Waals surface area contributed by atoms with Gasteiger partial charge in [0, 0.05) is 20.0 Å². The second kappa shape index (κ2) is 6.05. The molecule has 1 aliphatic rings. The first kappa shape index (κ1) is 13.1. The van der Waals surface area contributed by atoms with Crippen LogP contribution < -0.4 is 5.32 Å². The molecular formula is C14H22N2O2. The van der Waals surface area contributed by atoms with Crippen LogP contribution >= 0.6 is 0 Å². The van der Waals surface area contributed by atoms with E-state index in [-0.39, 0.29) is 5.91 Å². The Hall–Kier alpha value is -1.29. The van der Waals surface area contributed by atoms with Crippen LogP contribution in [-0.4, -0.2) is 30.9 Å². The van der Waals surface area contributed by atoms with Crippen molar-refractivity contribution in [1.82, 2.24) is 10.2 Å². The lowest BCUT2D eigenvalue weighted by atomic mass is 9.91. The molecule has 1 amide bonds. The van der Waals surface area contributed by atoms with Crippen LogP contribution in [0.25, 0.3) is 0 Å². The molecule has 2 unspecified atom stereocenters. The Bertz CT molecular complexity index is 375. The molecule has 2 heterocycles. The van der Waals surface area contributed by atoms with Crippen molar-refractivity contribution in [3.8, 4) is 0 Å². The molecule has 18 heavy (non-hydrogen) atoms. The lowest BCUT2D eigenvalue weighted by molar-refractivity contribution is -0.121. The van der Waals surface area contributed by atoms with Crippen LogP contribution in [0.3, 0.4) is 0 Å². The van der Waals surface area contributed by atoms with E-state index in [0.29, 0.717) is 12.5 Å². The molecule has 0 saturated carbocycles. The predicted molar refractivity (Wildman–Crippen MR) is 70.1 cm³/mol. The van der Waals surface area contributed by atoms with E-state index in [0.717, 1.165) is 31.2 Å². The van der Waals surface area contributed by atoms with Crippen LogP contribution in [0.2, 0.25) is 0 Å². The molecule has 1 saturated heterocycles. The number of nitrogens with one attached hydrogen (secondary N) is 1. The molecule has 1 aromatic rings. The zero-order valence-electron chi connectivity index (χ0n) is 11.2. The zero-order chi connectivity index (χ0) is 13.0. The Morgan fingerprint density at radius 2 is 2.44 bits per heavy atom. The van der Waals surface area contributed by atoms with E-state index in [9.17, 15) is 4.79 Å². The fourth-order valence-electron chi connectivity index (χ4n) is 2.60. The molecule has 4 nitrogen and oxygen atoms in total. The van der Waals surface area contributed by atoms with Gasteiger partial charge in [-0.15, -0.1) is 0 Å². The van der Waals surface area contributed by atoms with Crippen LogP contribution in [0, 0.1) is 5.92 Å². The van der Waals surface area contributed by atoms with Gasteiger partial charge >= 0.3 is 0 Å². The average molecular weight is 250 g/mol. The van der Waals surface area contributed by atoms with Crippen LogP contribution in [0.4, 0.5) is 0 Å². The first-order valence-corrected chi connectivity index (χ1v) is 6.68. The summed E-state index contributed by atoms with van der Waals surface area (Å²) >= 11 is 0. The highest BCUT2D eigenvalue weighted by atomic mass is 16.3. The van der Waals surface area contributed by atoms with Crippen molar-refractivity contribution in [3.63, 3.8) is 0 Å². The van der Waals surface area contributed by atoms with E-state index < -0.39 is 0 Å². The first-order valence-electron chi connectivity index (χ1n) is 6.68. The minimum atomic E-state index is 0.104. The summed E-state index contributed by atoms with van der Waals surface area (Å²) in [5.41, 5.74) is 0. The van der Waals surface area contributed by atoms with Gasteiger partial charge in [0.15, 0.2) is 0 Å². The monoisotopic (exact) mass is 250 g/mol. The van der Waals surface area contributed by atoms with Gasteiger partial charge < -0.3 is 9.73 Å². The van der Waals surface area contributed by atoms with Crippen molar-refractivity contribution < 1.29 is 9.21 Å². The number of carbonyl (C=O) groups excluding carboxylic acids is 1. The quantitative estimate of drug-likeness (QED) is 0.891. The fraction of sp³-hybridized carbons (Fsp3) is 0.643. The Labute approximate surface area is 108 Å². The van der Waals surface area contributed by atoms with E-state index >= 15 is 0 Å². The summed E-state index contributed by atoms with van der Waals surface area (Å²) in [7, 11) is 1.69. The summed E-state index contributed by atoms with van der Waals surface area (Å²) in [4.78, 5) is 13.7. The number of furan rings is 1. The SMILES string of the molecule is CNC(=O)CCN1CCC(C)CC1c1ccco1. The molecule has 2 atom stereocenters. The smallest absolute Gasteiger partial charge is 0.221 e. The molecule has 0 aromatic carbocycles. The molecule has 1 aliphatic heterocycles. The van der Waals surface area contributed by atoms with Crippen LogP contribution in [0.1, 0.15) is 38.0 Å². The Balaban J connectivity index is 2.00. The topological polar surface area (TPSA) is 45.5 Å². The maximum atomic E-state index is 11.4. The normalized spacial score (nSPS) is 25.0. The number of likely N-dealkylation sites (tertiary alicyclic amines) is 1. The highest BCUT2D eigenvalue weighted by Gasteiger charge is 2.29. The van der Waals surface area contributed by atoms with E-state index in [1.54, 1.807) is 13.3 Å². The minimum absolute atomic E-state index is 0.104. The Morgan fingerprint density at radius 3 is 3.11 bits per heavy atom. The van der Waals surface area contributed by atoms with E-state index in [1.165, 1.54) is 6.42 Å². The number of amides is 1. The van der Waals surface area contributed by atoms with Crippen molar-refractivity contribution in [1.29, 1.82) is 0 Å². The maximum Gasteiger partial charge on any atom is 0.221 e. The number of hydrogen-bond donors (Lipinski definition) is 1. The predicted octanol–water partition coefficient (Wildman–Crippen LogP) is 2.19. The average Bonchev–Trinajstić information content (AvgIpc) is 2.90. The van der Waals surface area contributed by atoms with Gasteiger partial charge in [-0.3, -0.25) is 9.69 Å². The third-order valence-electron chi connectivity index (χ3n) is 3.75. The lowest BCUT2D eigenvalue weighted by Crippen LogP contribution is -2.38. The molecule has 1 fully saturated rings. The third kappa shape index (κ3) is 3.13. The van der Waals surface area contributed by atoms with Gasteiger partial charge in [0.1, 0.15) is 5.76 Å². The lowest BCUT2D eigenvalue weighted by Gasteiger charge is -2.37. The van der Waals surface area contributed by atoms with E-state index in [4.69, 9.17) is 4.42 Å². The largest absolute Gasteiger partial charge is 0.468 e. The number of hydrogen-bond acceptors (Lipinski definition) is 3. The molecule has 4 heteroatoms. The van der Waals surface area contributed by atoms with Gasteiger partial charge in [-0.1, -0.05) is 6.92 Å². The van der Waals surface area contributed by atoms with Crippen molar-refractivity contribution in [2.75, 3.05) is 20.1 Å². The molecule has 2 rings (SSSR count). The second-order valence-corrected chi connectivity index (χ2v) is 5.12. The standard InChI is InChI=1S/C14H22N2O2/c1-11-5-7-16(8-6-14(17)15-2)12(10-11)13-4-3-9-18-13/h3-4,9,11-12H,5-8,10H2,1-2H3,(H,15,17). The van der Waals surface area contributed by atoms with Gasteiger partial charge in [-0.25, -0.2) is 0 Å². The second-order valence-electron chi connectivity index (χ2n) is 5.12. The summed E-state index contributed by atoms with van der Waals surface area (Å²) in [5, 5.41) is 2.67. The summed E-state index contributed by atoms with van der Waals surface area (Å²) in [6.45, 7) is 4.13. The van der Waals surface area contributed by atoms with Gasteiger partial charge in [-0.2, -0.15) is 0 Å². The van der Waals surface area contributed by atoms with Gasteiger partial charge in [0.2, 0.25) is 5.91 Å². The van der Waals surface area contributed by atoms with Gasteiger partial charge in [0.25, 0.3) is 0 Å². The van der Waals surface area contributed by atoms with Crippen molar-refractivity contribution in [2.45, 2.75) is 32.2 Å². The van der Waals surface area contributed by atoms with Crippen LogP contribution in [0.5, 0.6) is 0 Å². The summed E-state index contributed by atoms with van der Waals surface area (Å²) in [6.07, 6.45) is 4.60. The van der Waals surface area contributed by atoms with Crippen molar-refractivity contribution in [2.24, 2.45) is 5.92 Å². The summed E-state index contributed by atoms with van der Waals surface area (Å²) < 4.78 is 5.54. The Morgan fingerprint density at radius 1 is 1.61 bits per heavy atom. The zero-order valence-corrected chi connectivity index (χ0v) is 11.2. The van der Waals surface area contributed by atoms with Crippen LogP contribution in [0.15, 0.2) is 22.8 Å². The summed E-state index contributed by atoms with van der Waals surface area (Å²) in [6, 6.07) is 4.30. The van der Waals surface area contributed by atoms with Crippen molar-refractivity contribution >= 4 is 5.91 Å². The highest BCUT2D eigenvalue weighted by molar-refractivity contribution is 5.75. The first-order chi connectivity index (χ1) is 8.70. The minimum Gasteiger partial charge on any atom is -0.468 e. The van der Waals surface area contributed by atoms with E-state index in [1.807, 2.05) is 12.1 Å². The van der Waals surface area contributed by atoms with Crippen molar-refractivity contribution in [3.05, 3.63) is 24.2 Å². The molecule has 0 aliphatic carbocycles. The molecule has 1 aromatic heterocycles. The summed E-state index contributed by atoms with van der Waals surface area (Å²) in [5.74, 6) is 1.85. The molecule has 0 radical (unpaired) electrons. The number of nitrogens with zero attached hydrogens (tertiary/aromatic N) is 1. The Kier molecular flexibility index (Phi) is 4.42. The highest BCUT2D eigenvalue weighted by Crippen LogP contribution is 2.34. The van der Waals surface area contributed by atoms with Gasteiger partial charge in [0.05, 0.1) is 12.3 Å². The number of rotatable bonds is 4. The molecule has 1 N–H and O–H groups in total. The maximum absolute atomic E-state index is 11.4. The van der Waals surface area contributed by atoms with Crippen LogP contribution in [-0.2, 0) is 4.79 Å². The molecule has 100 valence electrons. The number of carbonyl (C=O) groups is 1.